The van der Waals surface area contributed by atoms with Crippen LogP contribution in [0.4, 0.5) is 0 Å². The van der Waals surface area contributed by atoms with E-state index in [4.69, 9.17) is 14.8 Å². The van der Waals surface area contributed by atoms with Crippen LogP contribution >= 0.6 is 0 Å². The first kappa shape index (κ1) is 15.8. The second kappa shape index (κ2) is 6.98. The van der Waals surface area contributed by atoms with Gasteiger partial charge in [-0.05, 0) is 6.07 Å². The fourth-order valence-electron chi connectivity index (χ4n) is 2.31. The molecule has 0 amide bonds. The zero-order valence-electron chi connectivity index (χ0n) is 13.1. The van der Waals surface area contributed by atoms with Crippen LogP contribution in [0, 0.1) is 11.3 Å². The molecule has 0 fully saturated rings. The second-order valence-electron chi connectivity index (χ2n) is 5.33. The largest absolute Gasteiger partial charge is 0.458 e. The number of rotatable bonds is 4. The van der Waals surface area contributed by atoms with Gasteiger partial charge in [-0.3, -0.25) is 9.83 Å². The first-order valence-electron chi connectivity index (χ1n) is 7.42. The first-order chi connectivity index (χ1) is 11.7. The molecule has 0 saturated carbocycles. The maximum Gasteiger partial charge on any atom is 0.355 e. The summed E-state index contributed by atoms with van der Waals surface area (Å²) in [6.07, 6.45) is 1.21. The Morgan fingerprint density at radius 1 is 1.50 bits per heavy atom. The number of aromatic nitrogens is 1. The van der Waals surface area contributed by atoms with E-state index >= 15 is 0 Å². The van der Waals surface area contributed by atoms with Gasteiger partial charge in [-0.1, -0.05) is 30.3 Å². The summed E-state index contributed by atoms with van der Waals surface area (Å²) in [5.41, 5.74) is 4.45. The number of hydrogen-bond acceptors (Lipinski definition) is 6. The number of hydroxylamine groups is 1. The molecule has 3 rings (SSSR count). The number of amidine groups is 1. The lowest BCUT2D eigenvalue weighted by Gasteiger charge is -2.22. The Bertz CT molecular complexity index is 805. The molecule has 0 aliphatic carbocycles. The minimum absolute atomic E-state index is 0.0739. The van der Waals surface area contributed by atoms with Gasteiger partial charge in [-0.15, -0.1) is 0 Å². The summed E-state index contributed by atoms with van der Waals surface area (Å²) in [6.45, 7) is 0.464. The molecule has 7 heteroatoms. The lowest BCUT2D eigenvalue weighted by atomic mass is 10.2. The Labute approximate surface area is 139 Å². The maximum absolute atomic E-state index is 12.1. The number of nitrogens with zero attached hydrogens (tertiary/aromatic N) is 3. The molecular weight excluding hydrogens is 308 g/mol. The van der Waals surface area contributed by atoms with E-state index in [0.29, 0.717) is 23.6 Å². The van der Waals surface area contributed by atoms with Crippen molar-refractivity contribution in [3.05, 3.63) is 59.4 Å². The Kier molecular flexibility index (Phi) is 4.59. The van der Waals surface area contributed by atoms with Gasteiger partial charge in [0.1, 0.15) is 24.5 Å². The number of nitrogens with one attached hydrogen (secondary N) is 1. The summed E-state index contributed by atoms with van der Waals surface area (Å²) in [4.78, 5) is 21.9. The van der Waals surface area contributed by atoms with E-state index in [1.54, 1.807) is 17.8 Å². The third-order valence-electron chi connectivity index (χ3n) is 3.57. The number of carbonyl (C=O) groups excluding carboxylic acids is 1. The van der Waals surface area contributed by atoms with Gasteiger partial charge in [0.15, 0.2) is 5.84 Å². The average Bonchev–Trinajstić information content (AvgIpc) is 3.02. The first-order valence-corrected chi connectivity index (χ1v) is 7.42. The number of aliphatic imine (C=N–C) groups is 1. The molecule has 1 unspecified atom stereocenters. The van der Waals surface area contributed by atoms with Crippen molar-refractivity contribution in [1.82, 2.24) is 10.0 Å². The van der Waals surface area contributed by atoms with E-state index in [1.807, 2.05) is 36.4 Å². The summed E-state index contributed by atoms with van der Waals surface area (Å²) in [5.74, 6) is 0.153. The smallest absolute Gasteiger partial charge is 0.355 e. The minimum Gasteiger partial charge on any atom is -0.458 e. The molecular formula is C17H16N4O3. The highest BCUT2D eigenvalue weighted by Crippen LogP contribution is 2.10. The predicted molar refractivity (Wildman–Crippen MR) is 86.3 cm³/mol. The van der Waals surface area contributed by atoms with Gasteiger partial charge in [0, 0.05) is 18.8 Å². The van der Waals surface area contributed by atoms with Crippen molar-refractivity contribution in [3.63, 3.8) is 0 Å². The van der Waals surface area contributed by atoms with Crippen molar-refractivity contribution in [2.45, 2.75) is 6.10 Å². The number of hydrogen-bond donors (Lipinski definition) is 1. The number of ether oxygens (including phenoxy) is 1. The van der Waals surface area contributed by atoms with Crippen molar-refractivity contribution >= 4 is 11.8 Å². The summed E-state index contributed by atoms with van der Waals surface area (Å²) in [7, 11) is 1.69. The van der Waals surface area contributed by atoms with Gasteiger partial charge < -0.3 is 9.30 Å². The lowest BCUT2D eigenvalue weighted by molar-refractivity contribution is -0.0352. The van der Waals surface area contributed by atoms with E-state index in [2.05, 4.69) is 10.5 Å². The van der Waals surface area contributed by atoms with E-state index < -0.39 is 5.97 Å². The quantitative estimate of drug-likeness (QED) is 0.859. The van der Waals surface area contributed by atoms with Gasteiger partial charge in [-0.2, -0.15) is 5.26 Å². The molecule has 0 spiro atoms. The van der Waals surface area contributed by atoms with Crippen molar-refractivity contribution in [2.24, 2.45) is 12.0 Å². The van der Waals surface area contributed by atoms with Crippen molar-refractivity contribution in [3.8, 4) is 6.07 Å². The molecule has 2 heterocycles. The van der Waals surface area contributed by atoms with Crippen LogP contribution < -0.4 is 5.48 Å². The molecule has 0 radical (unpaired) electrons. The Morgan fingerprint density at radius 3 is 2.92 bits per heavy atom. The Balaban J connectivity index is 1.55. The highest BCUT2D eigenvalue weighted by Gasteiger charge is 2.20. The normalized spacial score (nSPS) is 16.7. The minimum atomic E-state index is -0.500. The molecule has 1 aliphatic heterocycles. The van der Waals surface area contributed by atoms with Crippen LogP contribution in [0.3, 0.4) is 0 Å². The SMILES string of the molecule is Cn1cc(C#N)cc1C(=O)OCC1CN=C(c2ccccc2)NO1. The number of esters is 1. The highest BCUT2D eigenvalue weighted by molar-refractivity contribution is 5.98. The van der Waals surface area contributed by atoms with Gasteiger partial charge in [0.05, 0.1) is 12.1 Å². The zero-order valence-corrected chi connectivity index (χ0v) is 13.1. The maximum atomic E-state index is 12.1. The molecule has 7 nitrogen and oxygen atoms in total. The Hall–Kier alpha value is -3.11. The standard InChI is InChI=1S/C17H16N4O3/c1-21-10-12(8-18)7-15(21)17(22)23-11-14-9-19-16(20-24-14)13-5-3-2-4-6-13/h2-7,10,14H,9,11H2,1H3,(H,19,20). The number of nitriles is 1. The molecule has 1 atom stereocenters. The fraction of sp³-hybridized carbons (Fsp3) is 0.235. The fourth-order valence-corrected chi connectivity index (χ4v) is 2.31. The molecule has 24 heavy (non-hydrogen) atoms. The van der Waals surface area contributed by atoms with Gasteiger partial charge in [-0.25, -0.2) is 10.3 Å². The van der Waals surface area contributed by atoms with E-state index in [0.717, 1.165) is 5.56 Å². The third kappa shape index (κ3) is 3.45. The predicted octanol–water partition coefficient (Wildman–Crippen LogP) is 1.40. The summed E-state index contributed by atoms with van der Waals surface area (Å²) >= 11 is 0. The van der Waals surface area contributed by atoms with Crippen LogP contribution in [0.15, 0.2) is 47.6 Å². The Morgan fingerprint density at radius 2 is 2.29 bits per heavy atom. The van der Waals surface area contributed by atoms with E-state index in [-0.39, 0.29) is 12.7 Å². The number of aryl methyl sites for hydroxylation is 1. The highest BCUT2D eigenvalue weighted by atomic mass is 16.7. The topological polar surface area (TPSA) is 88.6 Å². The molecule has 1 aliphatic rings. The van der Waals surface area contributed by atoms with Crippen molar-refractivity contribution in [1.29, 1.82) is 5.26 Å². The van der Waals surface area contributed by atoms with Crippen LogP contribution in [-0.4, -0.2) is 35.6 Å². The van der Waals surface area contributed by atoms with Gasteiger partial charge in [0.2, 0.25) is 0 Å². The average molecular weight is 324 g/mol. The third-order valence-corrected chi connectivity index (χ3v) is 3.57. The number of carbonyl (C=O) groups is 1. The second-order valence-corrected chi connectivity index (χ2v) is 5.33. The molecule has 1 aromatic carbocycles. The molecule has 2 aromatic rings. The lowest BCUT2D eigenvalue weighted by Crippen LogP contribution is -2.40. The summed E-state index contributed by atoms with van der Waals surface area (Å²) in [5, 5.41) is 8.85. The van der Waals surface area contributed by atoms with Gasteiger partial charge in [0.25, 0.3) is 0 Å². The van der Waals surface area contributed by atoms with E-state index in [1.165, 1.54) is 6.07 Å². The monoisotopic (exact) mass is 324 g/mol. The molecule has 0 bridgehead atoms. The zero-order chi connectivity index (χ0) is 16.9. The number of benzene rings is 1. The van der Waals surface area contributed by atoms with Crippen LogP contribution in [0.25, 0.3) is 0 Å². The van der Waals surface area contributed by atoms with Crippen LogP contribution in [0.2, 0.25) is 0 Å². The van der Waals surface area contributed by atoms with Crippen LogP contribution in [-0.2, 0) is 16.6 Å². The summed E-state index contributed by atoms with van der Waals surface area (Å²) < 4.78 is 6.81. The molecule has 1 aromatic heterocycles. The molecule has 1 N–H and O–H groups in total. The summed E-state index contributed by atoms with van der Waals surface area (Å²) in [6, 6.07) is 13.1. The van der Waals surface area contributed by atoms with Crippen LogP contribution in [0.5, 0.6) is 0 Å². The van der Waals surface area contributed by atoms with Crippen molar-refractivity contribution < 1.29 is 14.4 Å². The van der Waals surface area contributed by atoms with Crippen LogP contribution in [0.1, 0.15) is 21.6 Å². The van der Waals surface area contributed by atoms with Gasteiger partial charge >= 0.3 is 5.97 Å². The molecule has 0 saturated heterocycles. The molecule has 122 valence electrons. The van der Waals surface area contributed by atoms with E-state index in [9.17, 15) is 4.79 Å². The van der Waals surface area contributed by atoms with Crippen molar-refractivity contribution in [2.75, 3.05) is 13.2 Å².